The zero-order valence-corrected chi connectivity index (χ0v) is 12.4. The number of benzene rings is 2. The molecular formula is C15H10BrFN2O2. The molecule has 0 fully saturated rings. The van der Waals surface area contributed by atoms with Crippen molar-refractivity contribution in [3.63, 3.8) is 0 Å². The van der Waals surface area contributed by atoms with Crippen LogP contribution in [0.4, 0.5) is 10.1 Å². The average Bonchev–Trinajstić information content (AvgIpc) is 2.89. The van der Waals surface area contributed by atoms with E-state index in [-0.39, 0.29) is 11.5 Å². The maximum absolute atomic E-state index is 13.3. The summed E-state index contributed by atoms with van der Waals surface area (Å²) in [5.74, 6) is -0.346. The largest absolute Gasteiger partial charge is 0.349 e. The van der Waals surface area contributed by atoms with Gasteiger partial charge in [0.05, 0.1) is 4.92 Å². The van der Waals surface area contributed by atoms with Crippen molar-refractivity contribution in [2.45, 2.75) is 5.33 Å². The van der Waals surface area contributed by atoms with E-state index < -0.39 is 4.92 Å². The lowest BCUT2D eigenvalue weighted by Gasteiger charge is -1.98. The Morgan fingerprint density at radius 3 is 2.71 bits per heavy atom. The van der Waals surface area contributed by atoms with Gasteiger partial charge in [0.1, 0.15) is 11.3 Å². The summed E-state index contributed by atoms with van der Waals surface area (Å²) in [7, 11) is 0. The third-order valence-electron chi connectivity index (χ3n) is 3.25. The topological polar surface area (TPSA) is 58.9 Å². The van der Waals surface area contributed by atoms with Crippen LogP contribution in [0.25, 0.3) is 22.2 Å². The Bertz CT molecular complexity index is 845. The van der Waals surface area contributed by atoms with Crippen molar-refractivity contribution in [3.05, 3.63) is 64.0 Å². The zero-order chi connectivity index (χ0) is 15.0. The summed E-state index contributed by atoms with van der Waals surface area (Å²) in [6.07, 6.45) is 0. The van der Waals surface area contributed by atoms with Gasteiger partial charge in [-0.15, -0.1) is 0 Å². The van der Waals surface area contributed by atoms with Crippen LogP contribution in [0.2, 0.25) is 0 Å². The van der Waals surface area contributed by atoms with Crippen molar-refractivity contribution in [2.75, 3.05) is 0 Å². The smallest absolute Gasteiger partial charge is 0.293 e. The van der Waals surface area contributed by atoms with Gasteiger partial charge in [0.25, 0.3) is 5.69 Å². The molecule has 6 heteroatoms. The summed E-state index contributed by atoms with van der Waals surface area (Å²) in [5, 5.41) is 12.5. The van der Waals surface area contributed by atoms with Crippen molar-refractivity contribution < 1.29 is 9.31 Å². The Labute approximate surface area is 127 Å². The SMILES string of the molecule is O=[N+]([O-])c1cc(CBr)cc2cc(-c3cccc(F)c3)[nH]c12. The molecular weight excluding hydrogens is 339 g/mol. The Balaban J connectivity index is 2.24. The molecule has 21 heavy (non-hydrogen) atoms. The highest BCUT2D eigenvalue weighted by atomic mass is 79.9. The first-order valence-electron chi connectivity index (χ1n) is 6.20. The van der Waals surface area contributed by atoms with E-state index in [0.29, 0.717) is 22.1 Å². The van der Waals surface area contributed by atoms with Crippen LogP contribution in [-0.2, 0) is 5.33 Å². The van der Waals surface area contributed by atoms with E-state index in [1.807, 2.05) is 6.07 Å². The summed E-state index contributed by atoms with van der Waals surface area (Å²) in [5.41, 5.74) is 2.59. The number of aromatic nitrogens is 1. The van der Waals surface area contributed by atoms with E-state index in [9.17, 15) is 14.5 Å². The average molecular weight is 349 g/mol. The maximum Gasteiger partial charge on any atom is 0.293 e. The lowest BCUT2D eigenvalue weighted by atomic mass is 10.1. The molecule has 1 heterocycles. The number of fused-ring (bicyclic) bond motifs is 1. The number of aromatic amines is 1. The number of H-pyrrole nitrogens is 1. The van der Waals surface area contributed by atoms with Crippen LogP contribution in [0.5, 0.6) is 0 Å². The lowest BCUT2D eigenvalue weighted by Crippen LogP contribution is -1.91. The first kappa shape index (κ1) is 13.8. The number of halogens is 2. The molecule has 2 aromatic carbocycles. The predicted octanol–water partition coefficient (Wildman–Crippen LogP) is 4.78. The third kappa shape index (κ3) is 2.54. The predicted molar refractivity (Wildman–Crippen MR) is 83.0 cm³/mol. The molecule has 3 rings (SSSR count). The quantitative estimate of drug-likeness (QED) is 0.420. The molecule has 0 spiro atoms. The molecule has 0 radical (unpaired) electrons. The van der Waals surface area contributed by atoms with Gasteiger partial charge in [-0.2, -0.15) is 0 Å². The van der Waals surface area contributed by atoms with Crippen molar-refractivity contribution in [1.29, 1.82) is 0 Å². The molecule has 106 valence electrons. The standard InChI is InChI=1S/C15H10BrFN2O2/c16-8-9-4-11-7-13(10-2-1-3-12(17)6-10)18-15(11)14(5-9)19(20)21/h1-7,18H,8H2. The second kappa shape index (κ2) is 5.29. The second-order valence-electron chi connectivity index (χ2n) is 4.66. The minimum atomic E-state index is -0.416. The van der Waals surface area contributed by atoms with Gasteiger partial charge in [0, 0.05) is 28.0 Å². The Morgan fingerprint density at radius 2 is 2.05 bits per heavy atom. The third-order valence-corrected chi connectivity index (χ3v) is 3.90. The Kier molecular flexibility index (Phi) is 3.47. The molecule has 0 amide bonds. The Hall–Kier alpha value is -2.21. The van der Waals surface area contributed by atoms with E-state index in [4.69, 9.17) is 0 Å². The van der Waals surface area contributed by atoms with Crippen LogP contribution in [0.1, 0.15) is 5.56 Å². The molecule has 0 aliphatic carbocycles. The van der Waals surface area contributed by atoms with Crippen molar-refractivity contribution in [3.8, 4) is 11.3 Å². The van der Waals surface area contributed by atoms with E-state index in [0.717, 1.165) is 10.9 Å². The van der Waals surface area contributed by atoms with Gasteiger partial charge >= 0.3 is 0 Å². The molecule has 0 saturated carbocycles. The van der Waals surface area contributed by atoms with Crippen molar-refractivity contribution >= 4 is 32.5 Å². The van der Waals surface area contributed by atoms with Gasteiger partial charge in [-0.3, -0.25) is 10.1 Å². The van der Waals surface area contributed by atoms with Crippen LogP contribution in [0, 0.1) is 15.9 Å². The van der Waals surface area contributed by atoms with Crippen LogP contribution < -0.4 is 0 Å². The first-order valence-corrected chi connectivity index (χ1v) is 7.32. The molecule has 1 N–H and O–H groups in total. The van der Waals surface area contributed by atoms with Crippen LogP contribution in [0.15, 0.2) is 42.5 Å². The van der Waals surface area contributed by atoms with E-state index >= 15 is 0 Å². The summed E-state index contributed by atoms with van der Waals surface area (Å²) >= 11 is 3.31. The number of alkyl halides is 1. The molecule has 0 saturated heterocycles. The van der Waals surface area contributed by atoms with Crippen molar-refractivity contribution in [1.82, 2.24) is 4.98 Å². The fourth-order valence-electron chi connectivity index (χ4n) is 2.32. The molecule has 0 unspecified atom stereocenters. The fourth-order valence-corrected chi connectivity index (χ4v) is 2.64. The van der Waals surface area contributed by atoms with Gasteiger partial charge in [0.15, 0.2) is 0 Å². The number of hydrogen-bond acceptors (Lipinski definition) is 2. The van der Waals surface area contributed by atoms with Gasteiger partial charge < -0.3 is 4.98 Å². The zero-order valence-electron chi connectivity index (χ0n) is 10.8. The monoisotopic (exact) mass is 348 g/mol. The molecule has 3 aromatic rings. The number of nitro groups is 1. The van der Waals surface area contributed by atoms with Crippen molar-refractivity contribution in [2.24, 2.45) is 0 Å². The molecule has 0 atom stereocenters. The molecule has 1 aromatic heterocycles. The van der Waals surface area contributed by atoms with E-state index in [2.05, 4.69) is 20.9 Å². The highest BCUT2D eigenvalue weighted by Gasteiger charge is 2.16. The van der Waals surface area contributed by atoms with Gasteiger partial charge in [0.2, 0.25) is 0 Å². The Morgan fingerprint density at radius 1 is 1.24 bits per heavy atom. The molecule has 0 aliphatic rings. The van der Waals surface area contributed by atoms with Crippen LogP contribution in [0.3, 0.4) is 0 Å². The van der Waals surface area contributed by atoms with Gasteiger partial charge in [-0.05, 0) is 29.8 Å². The minimum Gasteiger partial charge on any atom is -0.349 e. The van der Waals surface area contributed by atoms with Crippen LogP contribution in [-0.4, -0.2) is 9.91 Å². The highest BCUT2D eigenvalue weighted by Crippen LogP contribution is 2.32. The number of rotatable bonds is 3. The van der Waals surface area contributed by atoms with E-state index in [1.54, 1.807) is 18.2 Å². The summed E-state index contributed by atoms with van der Waals surface area (Å²) < 4.78 is 13.3. The van der Waals surface area contributed by atoms with Gasteiger partial charge in [-0.1, -0.05) is 28.1 Å². The molecule has 4 nitrogen and oxygen atoms in total. The number of hydrogen-bond donors (Lipinski definition) is 1. The highest BCUT2D eigenvalue weighted by molar-refractivity contribution is 9.08. The lowest BCUT2D eigenvalue weighted by molar-refractivity contribution is -0.383. The number of non-ortho nitro benzene ring substituents is 1. The summed E-state index contributed by atoms with van der Waals surface area (Å²) in [6.45, 7) is 0. The van der Waals surface area contributed by atoms with E-state index in [1.165, 1.54) is 18.2 Å². The minimum absolute atomic E-state index is 0.0182. The molecule has 0 bridgehead atoms. The second-order valence-corrected chi connectivity index (χ2v) is 5.22. The summed E-state index contributed by atoms with van der Waals surface area (Å²) in [6, 6.07) is 11.3. The normalized spacial score (nSPS) is 11.0. The fraction of sp³-hybridized carbons (Fsp3) is 0.0667. The number of nitrogens with one attached hydrogen (secondary N) is 1. The van der Waals surface area contributed by atoms with Gasteiger partial charge in [-0.25, -0.2) is 4.39 Å². The number of nitrogens with zero attached hydrogens (tertiary/aromatic N) is 1. The summed E-state index contributed by atoms with van der Waals surface area (Å²) in [4.78, 5) is 13.8. The number of nitro benzene ring substituents is 1. The van der Waals surface area contributed by atoms with Crippen LogP contribution >= 0.6 is 15.9 Å². The first-order chi connectivity index (χ1) is 10.1. The molecule has 0 aliphatic heterocycles. The maximum atomic E-state index is 13.3.